The maximum atomic E-state index is 11.1. The third-order valence-corrected chi connectivity index (χ3v) is 5.40. The fraction of sp³-hybridized carbons (Fsp3) is 0.714. The number of hydrogen-bond acceptors (Lipinski definition) is 4. The summed E-state index contributed by atoms with van der Waals surface area (Å²) in [5.41, 5.74) is 1.07. The molecule has 18 heavy (non-hydrogen) atoms. The van der Waals surface area contributed by atoms with Crippen LogP contribution in [0, 0.1) is 11.8 Å². The van der Waals surface area contributed by atoms with Crippen LogP contribution < -0.4 is 4.90 Å². The van der Waals surface area contributed by atoms with Crippen LogP contribution in [-0.4, -0.2) is 24.4 Å². The molecular weight excluding hydrogens is 244 g/mol. The van der Waals surface area contributed by atoms with Crippen molar-refractivity contribution in [2.24, 2.45) is 11.8 Å². The number of aldehydes is 1. The summed E-state index contributed by atoms with van der Waals surface area (Å²) in [6.45, 7) is 6.81. The molecule has 2 atom stereocenters. The Morgan fingerprint density at radius 2 is 2.06 bits per heavy atom. The van der Waals surface area contributed by atoms with E-state index in [1.54, 1.807) is 11.3 Å². The quantitative estimate of drug-likeness (QED) is 0.785. The van der Waals surface area contributed by atoms with Gasteiger partial charge in [0.1, 0.15) is 0 Å². The lowest BCUT2D eigenvalue weighted by atomic mass is 9.89. The lowest BCUT2D eigenvalue weighted by Gasteiger charge is -2.35. The zero-order chi connectivity index (χ0) is 12.7. The molecule has 0 spiro atoms. The molecule has 2 heterocycles. The molecule has 0 amide bonds. The van der Waals surface area contributed by atoms with Crippen molar-refractivity contribution in [1.82, 2.24) is 4.98 Å². The van der Waals surface area contributed by atoms with Crippen molar-refractivity contribution < 1.29 is 4.79 Å². The molecule has 3 nitrogen and oxygen atoms in total. The van der Waals surface area contributed by atoms with Crippen molar-refractivity contribution in [3.05, 3.63) is 10.6 Å². The Morgan fingerprint density at radius 3 is 2.67 bits per heavy atom. The molecule has 1 aromatic rings. The number of aromatic nitrogens is 1. The molecule has 0 N–H and O–H groups in total. The summed E-state index contributed by atoms with van der Waals surface area (Å²) in [5.74, 6) is 2.08. The maximum absolute atomic E-state index is 11.1. The molecule has 0 bridgehead atoms. The van der Waals surface area contributed by atoms with Gasteiger partial charge < -0.3 is 4.90 Å². The molecule has 0 aromatic carbocycles. The van der Waals surface area contributed by atoms with E-state index in [9.17, 15) is 4.79 Å². The number of carbonyl (C=O) groups is 1. The fourth-order valence-electron chi connectivity index (χ4n) is 2.64. The largest absolute Gasteiger partial charge is 0.348 e. The van der Waals surface area contributed by atoms with Crippen molar-refractivity contribution in [3.63, 3.8) is 0 Å². The molecule has 0 radical (unpaired) electrons. The molecule has 1 aromatic heterocycles. The number of carbonyl (C=O) groups excluding carboxylic acids is 1. The second-order valence-corrected chi connectivity index (χ2v) is 6.84. The molecule has 1 aliphatic carbocycles. The Bertz CT molecular complexity index is 453. The van der Waals surface area contributed by atoms with E-state index in [0.717, 1.165) is 41.0 Å². The number of nitrogens with zero attached hydrogens (tertiary/aromatic N) is 2. The first-order valence-electron chi connectivity index (χ1n) is 6.90. The van der Waals surface area contributed by atoms with E-state index >= 15 is 0 Å². The molecule has 1 saturated heterocycles. The summed E-state index contributed by atoms with van der Waals surface area (Å²) in [5, 5.41) is 1.07. The monoisotopic (exact) mass is 264 g/mol. The van der Waals surface area contributed by atoms with Gasteiger partial charge in [0.15, 0.2) is 11.4 Å². The van der Waals surface area contributed by atoms with Crippen LogP contribution in [0.4, 0.5) is 5.13 Å². The zero-order valence-corrected chi connectivity index (χ0v) is 11.9. The van der Waals surface area contributed by atoms with Crippen LogP contribution in [0.3, 0.4) is 0 Å². The first-order valence-corrected chi connectivity index (χ1v) is 7.71. The minimum absolute atomic E-state index is 0.566. The Hall–Kier alpha value is -0.900. The van der Waals surface area contributed by atoms with Gasteiger partial charge in [-0.2, -0.15) is 0 Å². The first-order chi connectivity index (χ1) is 8.69. The van der Waals surface area contributed by atoms with Crippen molar-refractivity contribution in [3.8, 4) is 0 Å². The molecule has 98 valence electrons. The number of thiazole rings is 1. The Morgan fingerprint density at radius 1 is 1.28 bits per heavy atom. The minimum Gasteiger partial charge on any atom is -0.348 e. The van der Waals surface area contributed by atoms with Crippen molar-refractivity contribution in [2.75, 3.05) is 18.0 Å². The lowest BCUT2D eigenvalue weighted by molar-refractivity contribution is 0.112. The van der Waals surface area contributed by atoms with E-state index in [0.29, 0.717) is 11.8 Å². The van der Waals surface area contributed by atoms with Gasteiger partial charge in [0.2, 0.25) is 0 Å². The summed E-state index contributed by atoms with van der Waals surface area (Å²) < 4.78 is 0. The summed E-state index contributed by atoms with van der Waals surface area (Å²) in [6.07, 6.45) is 4.63. The SMILES string of the molecule is CC1CCN(c2nc(C3CC3)c(C=O)s2)CC1C. The molecule has 2 fully saturated rings. The lowest BCUT2D eigenvalue weighted by Crippen LogP contribution is -2.38. The van der Waals surface area contributed by atoms with E-state index in [1.807, 2.05) is 0 Å². The number of hydrogen-bond donors (Lipinski definition) is 0. The highest BCUT2D eigenvalue weighted by Crippen LogP contribution is 2.44. The summed E-state index contributed by atoms with van der Waals surface area (Å²) in [7, 11) is 0. The highest BCUT2D eigenvalue weighted by molar-refractivity contribution is 7.17. The minimum atomic E-state index is 0.566. The van der Waals surface area contributed by atoms with Crippen LogP contribution >= 0.6 is 11.3 Å². The number of rotatable bonds is 3. The van der Waals surface area contributed by atoms with Crippen LogP contribution in [0.5, 0.6) is 0 Å². The second kappa shape index (κ2) is 4.65. The van der Waals surface area contributed by atoms with Gasteiger partial charge in [-0.05, 0) is 31.1 Å². The van der Waals surface area contributed by atoms with Gasteiger partial charge in [0.05, 0.1) is 10.6 Å². The van der Waals surface area contributed by atoms with Gasteiger partial charge in [-0.1, -0.05) is 25.2 Å². The van der Waals surface area contributed by atoms with Crippen molar-refractivity contribution >= 4 is 22.8 Å². The van der Waals surface area contributed by atoms with Crippen LogP contribution in [0.2, 0.25) is 0 Å². The van der Waals surface area contributed by atoms with Gasteiger partial charge >= 0.3 is 0 Å². The molecular formula is C14H20N2OS. The van der Waals surface area contributed by atoms with Gasteiger partial charge in [0.25, 0.3) is 0 Å². The van der Waals surface area contributed by atoms with Crippen LogP contribution in [0.25, 0.3) is 0 Å². The average Bonchev–Trinajstić information content (AvgIpc) is 3.12. The van der Waals surface area contributed by atoms with Gasteiger partial charge in [-0.15, -0.1) is 0 Å². The normalized spacial score (nSPS) is 28.4. The maximum Gasteiger partial charge on any atom is 0.186 e. The van der Waals surface area contributed by atoms with Crippen molar-refractivity contribution in [1.29, 1.82) is 0 Å². The zero-order valence-electron chi connectivity index (χ0n) is 11.1. The van der Waals surface area contributed by atoms with E-state index in [1.165, 1.54) is 19.3 Å². The van der Waals surface area contributed by atoms with E-state index in [-0.39, 0.29) is 0 Å². The third-order valence-electron chi connectivity index (χ3n) is 4.35. The van der Waals surface area contributed by atoms with Crippen molar-refractivity contribution in [2.45, 2.75) is 39.0 Å². The Kier molecular flexibility index (Phi) is 3.14. The van der Waals surface area contributed by atoms with E-state index in [2.05, 4.69) is 18.7 Å². The highest BCUT2D eigenvalue weighted by Gasteiger charge is 2.31. The van der Waals surface area contributed by atoms with E-state index < -0.39 is 0 Å². The standard InChI is InChI=1S/C14H20N2OS/c1-9-5-6-16(7-10(9)2)14-15-13(11-3-4-11)12(8-17)18-14/h8-11H,3-7H2,1-2H3. The molecule has 4 heteroatoms. The molecule has 2 unspecified atom stereocenters. The highest BCUT2D eigenvalue weighted by atomic mass is 32.1. The van der Waals surface area contributed by atoms with Gasteiger partial charge in [-0.3, -0.25) is 4.79 Å². The molecule has 1 saturated carbocycles. The summed E-state index contributed by atoms with van der Waals surface area (Å²) in [4.78, 5) is 19.1. The Balaban J connectivity index is 1.81. The molecule has 2 aliphatic rings. The van der Waals surface area contributed by atoms with Gasteiger partial charge in [-0.25, -0.2) is 4.98 Å². The predicted octanol–water partition coefficient (Wildman–Crippen LogP) is 3.32. The third kappa shape index (κ3) is 2.18. The average molecular weight is 264 g/mol. The molecule has 1 aliphatic heterocycles. The van der Waals surface area contributed by atoms with E-state index in [4.69, 9.17) is 4.98 Å². The smallest absolute Gasteiger partial charge is 0.186 e. The second-order valence-electron chi connectivity index (χ2n) is 5.83. The Labute approximate surface area is 112 Å². The van der Waals surface area contributed by atoms with Crippen LogP contribution in [0.15, 0.2) is 0 Å². The fourth-order valence-corrected chi connectivity index (χ4v) is 3.64. The van der Waals surface area contributed by atoms with Crippen LogP contribution in [-0.2, 0) is 0 Å². The number of piperidine rings is 1. The van der Waals surface area contributed by atoms with Crippen LogP contribution in [0.1, 0.15) is 54.4 Å². The predicted molar refractivity (Wildman–Crippen MR) is 74.6 cm³/mol. The topological polar surface area (TPSA) is 33.2 Å². The summed E-state index contributed by atoms with van der Waals surface area (Å²) >= 11 is 1.58. The number of anilines is 1. The molecule has 3 rings (SSSR count). The van der Waals surface area contributed by atoms with Gasteiger partial charge in [0, 0.05) is 19.0 Å². The first kappa shape index (κ1) is 12.2. The summed E-state index contributed by atoms with van der Waals surface area (Å²) in [6, 6.07) is 0.